The largest absolute Gasteiger partial charge is 0.366 e. The molecular weight excluding hydrogens is 258 g/mol. The van der Waals surface area contributed by atoms with Crippen molar-refractivity contribution in [2.75, 3.05) is 18.5 Å². The molecule has 2 aromatic carbocycles. The number of nitrogens with zero attached hydrogens (tertiary/aromatic N) is 1. The van der Waals surface area contributed by atoms with Gasteiger partial charge in [0.2, 0.25) is 0 Å². The Hall–Kier alpha value is -1.94. The molecule has 0 fully saturated rings. The first-order valence-corrected chi connectivity index (χ1v) is 6.48. The summed E-state index contributed by atoms with van der Waals surface area (Å²) in [5.41, 5.74) is 8.62. The van der Waals surface area contributed by atoms with Crippen LogP contribution in [0.5, 0.6) is 0 Å². The maximum absolute atomic E-state index is 13.4. The van der Waals surface area contributed by atoms with Crippen LogP contribution in [0.3, 0.4) is 0 Å². The predicted octanol–water partition coefficient (Wildman–Crippen LogP) is 3.41. The molecule has 0 aliphatic carbocycles. The van der Waals surface area contributed by atoms with E-state index in [1.165, 1.54) is 6.07 Å². The smallest absolute Gasteiger partial charge is 0.159 e. The Bertz CT molecular complexity index is 599. The topological polar surface area (TPSA) is 29.3 Å². The van der Waals surface area contributed by atoms with Crippen molar-refractivity contribution in [1.29, 1.82) is 0 Å². The number of para-hydroxylation sites is 1. The average molecular weight is 276 g/mol. The third-order valence-electron chi connectivity index (χ3n) is 3.51. The summed E-state index contributed by atoms with van der Waals surface area (Å²) < 4.78 is 26.4. The van der Waals surface area contributed by atoms with Gasteiger partial charge in [-0.3, -0.25) is 0 Å². The van der Waals surface area contributed by atoms with Gasteiger partial charge in [0.15, 0.2) is 11.6 Å². The molecule has 2 rings (SSSR count). The van der Waals surface area contributed by atoms with E-state index in [1.807, 2.05) is 43.1 Å². The fourth-order valence-electron chi connectivity index (χ4n) is 2.36. The second kappa shape index (κ2) is 6.01. The van der Waals surface area contributed by atoms with E-state index in [4.69, 9.17) is 5.73 Å². The van der Waals surface area contributed by atoms with Crippen LogP contribution in [0, 0.1) is 18.6 Å². The molecule has 2 N–H and O–H groups in total. The second-order valence-electron chi connectivity index (χ2n) is 4.82. The van der Waals surface area contributed by atoms with Gasteiger partial charge in [0.25, 0.3) is 0 Å². The lowest BCUT2D eigenvalue weighted by Gasteiger charge is -2.30. The van der Waals surface area contributed by atoms with Crippen molar-refractivity contribution in [2.45, 2.75) is 13.0 Å². The summed E-state index contributed by atoms with van der Waals surface area (Å²) in [5.74, 6) is -1.69. The van der Waals surface area contributed by atoms with E-state index < -0.39 is 11.6 Å². The van der Waals surface area contributed by atoms with Crippen molar-refractivity contribution >= 4 is 5.69 Å². The standard InChI is InChI=1S/C16H18F2N2/c1-11-5-3-4-6-15(11)20(2)16(10-19)12-7-8-13(17)14(18)9-12/h3-9,16H,10,19H2,1-2H3. The second-order valence-corrected chi connectivity index (χ2v) is 4.82. The van der Waals surface area contributed by atoms with Gasteiger partial charge >= 0.3 is 0 Å². The van der Waals surface area contributed by atoms with Crippen LogP contribution in [0.4, 0.5) is 14.5 Å². The van der Waals surface area contributed by atoms with E-state index in [0.717, 1.165) is 17.3 Å². The molecule has 0 spiro atoms. The van der Waals surface area contributed by atoms with Crippen LogP contribution < -0.4 is 10.6 Å². The number of hydrogen-bond donors (Lipinski definition) is 1. The molecule has 106 valence electrons. The van der Waals surface area contributed by atoms with Gasteiger partial charge in [-0.15, -0.1) is 0 Å². The van der Waals surface area contributed by atoms with Gasteiger partial charge in [-0.2, -0.15) is 0 Å². The summed E-state index contributed by atoms with van der Waals surface area (Å²) in [6, 6.07) is 11.6. The first-order chi connectivity index (χ1) is 9.54. The van der Waals surface area contributed by atoms with Crippen molar-refractivity contribution in [3.05, 3.63) is 65.2 Å². The fourth-order valence-corrected chi connectivity index (χ4v) is 2.36. The zero-order valence-electron chi connectivity index (χ0n) is 11.6. The van der Waals surface area contributed by atoms with Crippen LogP contribution in [0.2, 0.25) is 0 Å². The summed E-state index contributed by atoms with van der Waals surface area (Å²) in [5, 5.41) is 0. The maximum Gasteiger partial charge on any atom is 0.159 e. The molecule has 0 radical (unpaired) electrons. The van der Waals surface area contributed by atoms with Crippen molar-refractivity contribution in [3.8, 4) is 0 Å². The molecule has 0 bridgehead atoms. The monoisotopic (exact) mass is 276 g/mol. The number of aryl methyl sites for hydroxylation is 1. The number of anilines is 1. The molecule has 2 aromatic rings. The van der Waals surface area contributed by atoms with E-state index in [2.05, 4.69) is 0 Å². The van der Waals surface area contributed by atoms with Crippen LogP contribution in [0.15, 0.2) is 42.5 Å². The lowest BCUT2D eigenvalue weighted by Crippen LogP contribution is -2.31. The summed E-state index contributed by atoms with van der Waals surface area (Å²) in [6.07, 6.45) is 0. The van der Waals surface area contributed by atoms with E-state index in [1.54, 1.807) is 6.07 Å². The Balaban J connectivity index is 2.36. The van der Waals surface area contributed by atoms with Gasteiger partial charge in [0.1, 0.15) is 0 Å². The minimum atomic E-state index is -0.848. The minimum absolute atomic E-state index is 0.203. The van der Waals surface area contributed by atoms with Crippen molar-refractivity contribution in [2.24, 2.45) is 5.73 Å². The molecule has 0 aromatic heterocycles. The summed E-state index contributed by atoms with van der Waals surface area (Å²) in [6.45, 7) is 2.32. The van der Waals surface area contributed by atoms with Gasteiger partial charge in [0, 0.05) is 19.3 Å². The molecule has 2 nitrogen and oxygen atoms in total. The quantitative estimate of drug-likeness (QED) is 0.927. The molecule has 1 atom stereocenters. The minimum Gasteiger partial charge on any atom is -0.366 e. The van der Waals surface area contributed by atoms with Crippen LogP contribution >= 0.6 is 0 Å². The summed E-state index contributed by atoms with van der Waals surface area (Å²) in [7, 11) is 1.90. The van der Waals surface area contributed by atoms with Crippen LogP contribution in [0.1, 0.15) is 17.2 Å². The highest BCUT2D eigenvalue weighted by atomic mass is 19.2. The van der Waals surface area contributed by atoms with E-state index in [9.17, 15) is 8.78 Å². The average Bonchev–Trinajstić information content (AvgIpc) is 2.44. The van der Waals surface area contributed by atoms with E-state index in [-0.39, 0.29) is 6.04 Å². The molecule has 4 heteroatoms. The van der Waals surface area contributed by atoms with Gasteiger partial charge in [-0.05, 0) is 36.2 Å². The Morgan fingerprint density at radius 3 is 2.40 bits per heavy atom. The highest BCUT2D eigenvalue weighted by molar-refractivity contribution is 5.54. The fraction of sp³-hybridized carbons (Fsp3) is 0.250. The number of benzene rings is 2. The van der Waals surface area contributed by atoms with Crippen molar-refractivity contribution in [3.63, 3.8) is 0 Å². The highest BCUT2D eigenvalue weighted by Gasteiger charge is 2.18. The Morgan fingerprint density at radius 1 is 1.10 bits per heavy atom. The number of halogens is 2. The van der Waals surface area contributed by atoms with Crippen LogP contribution in [-0.2, 0) is 0 Å². The molecule has 1 unspecified atom stereocenters. The molecule has 0 aliphatic rings. The van der Waals surface area contributed by atoms with Gasteiger partial charge in [0.05, 0.1) is 6.04 Å². The van der Waals surface area contributed by atoms with Gasteiger partial charge in [-0.1, -0.05) is 24.3 Å². The molecule has 20 heavy (non-hydrogen) atoms. The Labute approximate surface area is 117 Å². The highest BCUT2D eigenvalue weighted by Crippen LogP contribution is 2.28. The number of likely N-dealkylation sites (N-methyl/N-ethyl adjacent to an activating group) is 1. The third-order valence-corrected chi connectivity index (χ3v) is 3.51. The van der Waals surface area contributed by atoms with Gasteiger partial charge < -0.3 is 10.6 Å². The van der Waals surface area contributed by atoms with Crippen molar-refractivity contribution < 1.29 is 8.78 Å². The first-order valence-electron chi connectivity index (χ1n) is 6.48. The first kappa shape index (κ1) is 14.5. The third kappa shape index (κ3) is 2.80. The zero-order valence-corrected chi connectivity index (χ0v) is 11.6. The summed E-state index contributed by atoms with van der Waals surface area (Å²) >= 11 is 0. The van der Waals surface area contributed by atoms with Crippen LogP contribution in [-0.4, -0.2) is 13.6 Å². The lowest BCUT2D eigenvalue weighted by molar-refractivity contribution is 0.504. The Morgan fingerprint density at radius 2 is 1.80 bits per heavy atom. The van der Waals surface area contributed by atoms with Gasteiger partial charge in [-0.25, -0.2) is 8.78 Å². The van der Waals surface area contributed by atoms with Crippen LogP contribution in [0.25, 0.3) is 0 Å². The normalized spacial score (nSPS) is 12.2. The van der Waals surface area contributed by atoms with E-state index in [0.29, 0.717) is 12.1 Å². The molecular formula is C16H18F2N2. The molecule has 0 amide bonds. The summed E-state index contributed by atoms with van der Waals surface area (Å²) in [4.78, 5) is 1.99. The van der Waals surface area contributed by atoms with Crippen molar-refractivity contribution in [1.82, 2.24) is 0 Å². The molecule has 0 heterocycles. The number of hydrogen-bond acceptors (Lipinski definition) is 2. The molecule has 0 saturated heterocycles. The number of rotatable bonds is 4. The SMILES string of the molecule is Cc1ccccc1N(C)C(CN)c1ccc(F)c(F)c1. The van der Waals surface area contributed by atoms with E-state index >= 15 is 0 Å². The lowest BCUT2D eigenvalue weighted by atomic mass is 10.0. The molecule has 0 saturated carbocycles. The maximum atomic E-state index is 13.4. The zero-order chi connectivity index (χ0) is 14.7. The Kier molecular flexibility index (Phi) is 4.35. The predicted molar refractivity (Wildman–Crippen MR) is 77.7 cm³/mol. The molecule has 0 aliphatic heterocycles. The number of nitrogens with two attached hydrogens (primary N) is 1.